The van der Waals surface area contributed by atoms with Crippen molar-refractivity contribution in [2.75, 3.05) is 18.5 Å². The van der Waals surface area contributed by atoms with Gasteiger partial charge in [-0.05, 0) is 31.9 Å². The molecule has 2 N–H and O–H groups in total. The molecule has 0 aliphatic heterocycles. The molecule has 1 aromatic carbocycles. The summed E-state index contributed by atoms with van der Waals surface area (Å²) in [6.07, 6.45) is 5.52. The number of hydrogen-bond acceptors (Lipinski definition) is 5. The summed E-state index contributed by atoms with van der Waals surface area (Å²) in [6, 6.07) is 7.25. The number of amides is 2. The Morgan fingerprint density at radius 2 is 1.78 bits per heavy atom. The molecule has 1 aliphatic rings. The van der Waals surface area contributed by atoms with Crippen LogP contribution < -0.4 is 15.4 Å². The molecule has 7 heteroatoms. The van der Waals surface area contributed by atoms with Crippen molar-refractivity contribution in [2.45, 2.75) is 57.9 Å². The second-order valence-electron chi connectivity index (χ2n) is 6.54. The van der Waals surface area contributed by atoms with Crippen molar-refractivity contribution in [3.63, 3.8) is 0 Å². The SMILES string of the molecule is CCOc1ccccc1NC(=O)COC(=O)CCC(=O)NC1CCCCC1. The van der Waals surface area contributed by atoms with Crippen LogP contribution >= 0.6 is 0 Å². The van der Waals surface area contributed by atoms with E-state index in [0.29, 0.717) is 18.0 Å². The molecule has 0 bridgehead atoms. The number of carbonyl (C=O) groups is 3. The summed E-state index contributed by atoms with van der Waals surface area (Å²) in [7, 11) is 0. The minimum atomic E-state index is -0.568. The van der Waals surface area contributed by atoms with Gasteiger partial charge < -0.3 is 20.1 Å². The quantitative estimate of drug-likeness (QED) is 0.647. The van der Waals surface area contributed by atoms with Crippen molar-refractivity contribution >= 4 is 23.5 Å². The number of hydrogen-bond donors (Lipinski definition) is 2. The van der Waals surface area contributed by atoms with Crippen LogP contribution in [0.5, 0.6) is 5.75 Å². The summed E-state index contributed by atoms with van der Waals surface area (Å²) in [5.74, 6) is -0.614. The van der Waals surface area contributed by atoms with E-state index in [1.165, 1.54) is 6.42 Å². The Hall–Kier alpha value is -2.57. The number of anilines is 1. The molecule has 2 amide bonds. The number of rotatable bonds is 9. The molecule has 0 aromatic heterocycles. The van der Waals surface area contributed by atoms with Gasteiger partial charge in [0.15, 0.2) is 6.61 Å². The molecule has 0 heterocycles. The lowest BCUT2D eigenvalue weighted by molar-refractivity contribution is -0.148. The minimum Gasteiger partial charge on any atom is -0.492 e. The van der Waals surface area contributed by atoms with Crippen LogP contribution in [0.15, 0.2) is 24.3 Å². The van der Waals surface area contributed by atoms with Gasteiger partial charge in [-0.25, -0.2) is 0 Å². The zero-order chi connectivity index (χ0) is 19.5. The molecule has 0 unspecified atom stereocenters. The van der Waals surface area contributed by atoms with Crippen molar-refractivity contribution in [3.05, 3.63) is 24.3 Å². The monoisotopic (exact) mass is 376 g/mol. The summed E-state index contributed by atoms with van der Waals surface area (Å²) < 4.78 is 10.4. The highest BCUT2D eigenvalue weighted by molar-refractivity contribution is 5.94. The molecule has 0 radical (unpaired) electrons. The third-order valence-electron chi connectivity index (χ3n) is 4.35. The molecule has 1 saturated carbocycles. The van der Waals surface area contributed by atoms with E-state index in [-0.39, 0.29) is 24.8 Å². The van der Waals surface area contributed by atoms with Gasteiger partial charge in [-0.1, -0.05) is 31.4 Å². The molecule has 2 rings (SSSR count). The molecule has 148 valence electrons. The Kier molecular flexibility index (Phi) is 8.61. The first-order chi connectivity index (χ1) is 13.1. The maximum absolute atomic E-state index is 12.0. The lowest BCUT2D eigenvalue weighted by atomic mass is 9.95. The Labute approximate surface area is 159 Å². The molecule has 0 spiro atoms. The highest BCUT2D eigenvalue weighted by atomic mass is 16.5. The number of esters is 1. The topological polar surface area (TPSA) is 93.7 Å². The van der Waals surface area contributed by atoms with Crippen molar-refractivity contribution in [1.29, 1.82) is 0 Å². The van der Waals surface area contributed by atoms with E-state index in [0.717, 1.165) is 25.7 Å². The molecule has 0 atom stereocenters. The lowest BCUT2D eigenvalue weighted by Gasteiger charge is -2.22. The van der Waals surface area contributed by atoms with Gasteiger partial charge in [0.05, 0.1) is 18.7 Å². The first kappa shape index (κ1) is 20.7. The van der Waals surface area contributed by atoms with Gasteiger partial charge in [0, 0.05) is 12.5 Å². The largest absolute Gasteiger partial charge is 0.492 e. The average molecular weight is 376 g/mol. The van der Waals surface area contributed by atoms with Crippen LogP contribution in [0.25, 0.3) is 0 Å². The maximum Gasteiger partial charge on any atom is 0.306 e. The predicted molar refractivity (Wildman–Crippen MR) is 101 cm³/mol. The van der Waals surface area contributed by atoms with Crippen molar-refractivity contribution in [2.24, 2.45) is 0 Å². The fourth-order valence-corrected chi connectivity index (χ4v) is 3.02. The zero-order valence-corrected chi connectivity index (χ0v) is 15.8. The number of para-hydroxylation sites is 2. The fourth-order valence-electron chi connectivity index (χ4n) is 3.02. The lowest BCUT2D eigenvalue weighted by Crippen LogP contribution is -2.36. The van der Waals surface area contributed by atoms with Gasteiger partial charge in [-0.15, -0.1) is 0 Å². The van der Waals surface area contributed by atoms with E-state index in [4.69, 9.17) is 9.47 Å². The van der Waals surface area contributed by atoms with E-state index in [1.54, 1.807) is 24.3 Å². The van der Waals surface area contributed by atoms with E-state index >= 15 is 0 Å². The van der Waals surface area contributed by atoms with Gasteiger partial charge in [-0.2, -0.15) is 0 Å². The van der Waals surface area contributed by atoms with Gasteiger partial charge in [0.1, 0.15) is 5.75 Å². The van der Waals surface area contributed by atoms with Crippen molar-refractivity contribution in [3.8, 4) is 5.75 Å². The van der Waals surface area contributed by atoms with Crippen LogP contribution in [-0.4, -0.2) is 37.0 Å². The summed E-state index contributed by atoms with van der Waals surface area (Å²) in [4.78, 5) is 35.6. The Morgan fingerprint density at radius 3 is 2.52 bits per heavy atom. The average Bonchev–Trinajstić information content (AvgIpc) is 2.67. The second-order valence-corrected chi connectivity index (χ2v) is 6.54. The standard InChI is InChI=1S/C20H28N2O5/c1-2-26-17-11-7-6-10-16(17)22-19(24)14-27-20(25)13-12-18(23)21-15-8-4-3-5-9-15/h6-7,10-11,15H,2-5,8-9,12-14H2,1H3,(H,21,23)(H,22,24). The van der Waals surface area contributed by atoms with Gasteiger partial charge >= 0.3 is 5.97 Å². The van der Waals surface area contributed by atoms with Crippen molar-refractivity contribution < 1.29 is 23.9 Å². The van der Waals surface area contributed by atoms with Crippen LogP contribution in [0.1, 0.15) is 51.9 Å². The molecule has 0 saturated heterocycles. The molecule has 27 heavy (non-hydrogen) atoms. The van der Waals surface area contributed by atoms with E-state index in [1.807, 2.05) is 6.92 Å². The van der Waals surface area contributed by atoms with Crippen LogP contribution in [0.3, 0.4) is 0 Å². The highest BCUT2D eigenvalue weighted by Gasteiger charge is 2.17. The van der Waals surface area contributed by atoms with Crippen molar-refractivity contribution in [1.82, 2.24) is 5.32 Å². The zero-order valence-electron chi connectivity index (χ0n) is 15.8. The first-order valence-electron chi connectivity index (χ1n) is 9.55. The third kappa shape index (κ3) is 7.68. The van der Waals surface area contributed by atoms with Crippen LogP contribution in [0.4, 0.5) is 5.69 Å². The van der Waals surface area contributed by atoms with Crippen LogP contribution in [0.2, 0.25) is 0 Å². The van der Waals surface area contributed by atoms with Gasteiger partial charge in [-0.3, -0.25) is 14.4 Å². The molecule has 1 fully saturated rings. The number of nitrogens with one attached hydrogen (secondary N) is 2. The van der Waals surface area contributed by atoms with Crippen LogP contribution in [-0.2, 0) is 19.1 Å². The molecular weight excluding hydrogens is 348 g/mol. The Balaban J connectivity index is 1.66. The highest BCUT2D eigenvalue weighted by Crippen LogP contribution is 2.23. The summed E-state index contributed by atoms with van der Waals surface area (Å²) >= 11 is 0. The first-order valence-corrected chi connectivity index (χ1v) is 9.55. The van der Waals surface area contributed by atoms with Gasteiger partial charge in [0.2, 0.25) is 5.91 Å². The minimum absolute atomic E-state index is 0.0403. The van der Waals surface area contributed by atoms with E-state index < -0.39 is 18.5 Å². The Bertz CT molecular complexity index is 641. The summed E-state index contributed by atoms with van der Waals surface area (Å²) in [5.41, 5.74) is 0.521. The van der Waals surface area contributed by atoms with Crippen LogP contribution in [0, 0.1) is 0 Å². The summed E-state index contributed by atoms with van der Waals surface area (Å²) in [6.45, 7) is 1.93. The summed E-state index contributed by atoms with van der Waals surface area (Å²) in [5, 5.41) is 5.60. The second kappa shape index (κ2) is 11.2. The van der Waals surface area contributed by atoms with Gasteiger partial charge in [0.25, 0.3) is 5.91 Å². The molecule has 1 aromatic rings. The number of carbonyl (C=O) groups excluding carboxylic acids is 3. The predicted octanol–water partition coefficient (Wildman–Crippen LogP) is 2.80. The van der Waals surface area contributed by atoms with E-state index in [9.17, 15) is 14.4 Å². The maximum atomic E-state index is 12.0. The third-order valence-corrected chi connectivity index (χ3v) is 4.35. The molecule has 1 aliphatic carbocycles. The molecular formula is C20H28N2O5. The smallest absolute Gasteiger partial charge is 0.306 e. The molecule has 7 nitrogen and oxygen atoms in total. The fraction of sp³-hybridized carbons (Fsp3) is 0.550. The van der Waals surface area contributed by atoms with E-state index in [2.05, 4.69) is 10.6 Å². The number of ether oxygens (including phenoxy) is 2. The Morgan fingerprint density at radius 1 is 1.04 bits per heavy atom. The normalized spacial score (nSPS) is 14.3. The number of benzene rings is 1.